The first-order valence-electron chi connectivity index (χ1n) is 6.90. The highest BCUT2D eigenvalue weighted by Crippen LogP contribution is 2.24. The fraction of sp³-hybridized carbons (Fsp3) is 0.692. The SMILES string of the molecule is CCc1nn(C)cc1C(C(N)=O)N1CCCNCC1. The van der Waals surface area contributed by atoms with Crippen molar-refractivity contribution in [2.45, 2.75) is 25.8 Å². The molecule has 6 nitrogen and oxygen atoms in total. The number of aryl methyl sites for hydroxylation is 2. The summed E-state index contributed by atoms with van der Waals surface area (Å²) in [6, 6.07) is -0.358. The van der Waals surface area contributed by atoms with Gasteiger partial charge in [-0.2, -0.15) is 5.10 Å². The molecular formula is C13H23N5O. The summed E-state index contributed by atoms with van der Waals surface area (Å²) in [6.07, 6.45) is 3.77. The van der Waals surface area contributed by atoms with Gasteiger partial charge in [-0.15, -0.1) is 0 Å². The molecule has 1 aliphatic heterocycles. The maximum atomic E-state index is 11.9. The first-order valence-corrected chi connectivity index (χ1v) is 6.90. The van der Waals surface area contributed by atoms with Crippen molar-refractivity contribution >= 4 is 5.91 Å². The molecule has 106 valence electrons. The summed E-state index contributed by atoms with van der Waals surface area (Å²) in [5.74, 6) is -0.287. The number of nitrogens with zero attached hydrogens (tertiary/aromatic N) is 3. The van der Waals surface area contributed by atoms with Crippen molar-refractivity contribution in [3.8, 4) is 0 Å². The van der Waals surface area contributed by atoms with Crippen LogP contribution in [-0.2, 0) is 18.3 Å². The lowest BCUT2D eigenvalue weighted by atomic mass is 10.0. The van der Waals surface area contributed by atoms with Gasteiger partial charge in [0.25, 0.3) is 0 Å². The number of hydrogen-bond donors (Lipinski definition) is 2. The maximum Gasteiger partial charge on any atom is 0.239 e. The van der Waals surface area contributed by atoms with Crippen LogP contribution in [0.5, 0.6) is 0 Å². The molecule has 1 fully saturated rings. The number of primary amides is 1. The monoisotopic (exact) mass is 265 g/mol. The van der Waals surface area contributed by atoms with Crippen LogP contribution in [0.1, 0.15) is 30.6 Å². The Morgan fingerprint density at radius 3 is 3.00 bits per heavy atom. The van der Waals surface area contributed by atoms with Gasteiger partial charge < -0.3 is 11.1 Å². The molecule has 1 saturated heterocycles. The van der Waals surface area contributed by atoms with Gasteiger partial charge in [0.2, 0.25) is 5.91 Å². The summed E-state index contributed by atoms with van der Waals surface area (Å²) in [4.78, 5) is 14.1. The van der Waals surface area contributed by atoms with E-state index in [0.717, 1.165) is 50.3 Å². The van der Waals surface area contributed by atoms with Gasteiger partial charge in [0.15, 0.2) is 0 Å². The van der Waals surface area contributed by atoms with Crippen LogP contribution in [0.4, 0.5) is 0 Å². The van der Waals surface area contributed by atoms with Gasteiger partial charge in [-0.25, -0.2) is 0 Å². The summed E-state index contributed by atoms with van der Waals surface area (Å²) in [6.45, 7) is 5.67. The van der Waals surface area contributed by atoms with Crippen LogP contribution in [0, 0.1) is 0 Å². The van der Waals surface area contributed by atoms with E-state index in [-0.39, 0.29) is 11.9 Å². The molecule has 0 bridgehead atoms. The van der Waals surface area contributed by atoms with E-state index in [1.54, 1.807) is 4.68 Å². The van der Waals surface area contributed by atoms with Gasteiger partial charge in [-0.3, -0.25) is 14.4 Å². The third-order valence-corrected chi connectivity index (χ3v) is 3.58. The average Bonchev–Trinajstić information content (AvgIpc) is 2.58. The molecule has 1 unspecified atom stereocenters. The molecule has 0 spiro atoms. The van der Waals surface area contributed by atoms with Crippen molar-refractivity contribution in [2.24, 2.45) is 12.8 Å². The number of aromatic nitrogens is 2. The topological polar surface area (TPSA) is 76.2 Å². The molecule has 2 rings (SSSR count). The molecule has 0 saturated carbocycles. The lowest BCUT2D eigenvalue weighted by Gasteiger charge is -2.27. The molecule has 1 aromatic heterocycles. The molecule has 6 heteroatoms. The largest absolute Gasteiger partial charge is 0.368 e. The van der Waals surface area contributed by atoms with Crippen LogP contribution in [0.3, 0.4) is 0 Å². The summed E-state index contributed by atoms with van der Waals surface area (Å²) in [5, 5.41) is 7.76. The second kappa shape index (κ2) is 6.16. The van der Waals surface area contributed by atoms with Crippen molar-refractivity contribution in [3.63, 3.8) is 0 Å². The van der Waals surface area contributed by atoms with E-state index in [0.29, 0.717) is 0 Å². The summed E-state index contributed by atoms with van der Waals surface area (Å²) < 4.78 is 1.76. The number of nitrogens with one attached hydrogen (secondary N) is 1. The molecule has 0 aliphatic carbocycles. The van der Waals surface area contributed by atoms with E-state index in [4.69, 9.17) is 5.73 Å². The minimum absolute atomic E-state index is 0.287. The van der Waals surface area contributed by atoms with Gasteiger partial charge in [0.1, 0.15) is 6.04 Å². The molecular weight excluding hydrogens is 242 g/mol. The molecule has 1 aromatic rings. The van der Waals surface area contributed by atoms with Crippen molar-refractivity contribution < 1.29 is 4.79 Å². The Morgan fingerprint density at radius 2 is 2.32 bits per heavy atom. The predicted octanol–water partition coefficient (Wildman–Crippen LogP) is -0.196. The van der Waals surface area contributed by atoms with Crippen molar-refractivity contribution in [1.29, 1.82) is 0 Å². The van der Waals surface area contributed by atoms with Gasteiger partial charge in [0.05, 0.1) is 5.69 Å². The van der Waals surface area contributed by atoms with Crippen LogP contribution >= 0.6 is 0 Å². The maximum absolute atomic E-state index is 11.9. The smallest absolute Gasteiger partial charge is 0.239 e. The lowest BCUT2D eigenvalue weighted by molar-refractivity contribution is -0.123. The number of nitrogens with two attached hydrogens (primary N) is 1. The molecule has 3 N–H and O–H groups in total. The zero-order chi connectivity index (χ0) is 13.8. The number of carbonyl (C=O) groups is 1. The second-order valence-corrected chi connectivity index (χ2v) is 5.00. The number of amides is 1. The number of carbonyl (C=O) groups excluding carboxylic acids is 1. The predicted molar refractivity (Wildman–Crippen MR) is 73.6 cm³/mol. The Hall–Kier alpha value is -1.40. The Labute approximate surface area is 113 Å². The number of rotatable bonds is 4. The van der Waals surface area contributed by atoms with Gasteiger partial charge >= 0.3 is 0 Å². The van der Waals surface area contributed by atoms with Gasteiger partial charge in [-0.05, 0) is 19.4 Å². The fourth-order valence-electron chi connectivity index (χ4n) is 2.71. The normalized spacial score (nSPS) is 19.1. The molecule has 19 heavy (non-hydrogen) atoms. The molecule has 1 amide bonds. The van der Waals surface area contributed by atoms with Crippen LogP contribution in [0.2, 0.25) is 0 Å². The molecule has 1 aliphatic rings. The summed E-state index contributed by atoms with van der Waals surface area (Å²) >= 11 is 0. The molecule has 1 atom stereocenters. The number of hydrogen-bond acceptors (Lipinski definition) is 4. The van der Waals surface area contributed by atoms with Crippen molar-refractivity contribution in [3.05, 3.63) is 17.5 Å². The summed E-state index contributed by atoms with van der Waals surface area (Å²) in [7, 11) is 1.88. The van der Waals surface area contributed by atoms with Gasteiger partial charge in [-0.1, -0.05) is 6.92 Å². The Morgan fingerprint density at radius 1 is 1.53 bits per heavy atom. The highest BCUT2D eigenvalue weighted by atomic mass is 16.1. The zero-order valence-corrected chi connectivity index (χ0v) is 11.7. The average molecular weight is 265 g/mol. The molecule has 0 radical (unpaired) electrons. The highest BCUT2D eigenvalue weighted by Gasteiger charge is 2.29. The van der Waals surface area contributed by atoms with Crippen LogP contribution in [0.15, 0.2) is 6.20 Å². The van der Waals surface area contributed by atoms with Crippen molar-refractivity contribution in [2.75, 3.05) is 26.2 Å². The second-order valence-electron chi connectivity index (χ2n) is 5.00. The Bertz CT molecular complexity index is 434. The Balaban J connectivity index is 2.30. The standard InChI is InChI=1S/C13H23N5O/c1-3-11-10(9-17(2)16-11)12(13(14)19)18-7-4-5-15-6-8-18/h9,12,15H,3-8H2,1-2H3,(H2,14,19). The van der Waals surface area contributed by atoms with E-state index in [1.165, 1.54) is 0 Å². The van der Waals surface area contributed by atoms with Crippen molar-refractivity contribution in [1.82, 2.24) is 20.0 Å². The van der Waals surface area contributed by atoms with Crippen LogP contribution < -0.4 is 11.1 Å². The molecule has 0 aromatic carbocycles. The van der Waals surface area contributed by atoms with E-state index in [2.05, 4.69) is 15.3 Å². The van der Waals surface area contributed by atoms with E-state index in [9.17, 15) is 4.79 Å². The first-order chi connectivity index (χ1) is 9.13. The summed E-state index contributed by atoms with van der Waals surface area (Å²) in [5.41, 5.74) is 7.56. The van der Waals surface area contributed by atoms with Gasteiger partial charge in [0, 0.05) is 38.4 Å². The highest BCUT2D eigenvalue weighted by molar-refractivity contribution is 5.81. The van der Waals surface area contributed by atoms with E-state index < -0.39 is 0 Å². The quantitative estimate of drug-likeness (QED) is 0.791. The third-order valence-electron chi connectivity index (χ3n) is 3.58. The Kier molecular flexibility index (Phi) is 4.55. The van der Waals surface area contributed by atoms with E-state index in [1.807, 2.05) is 20.2 Å². The minimum atomic E-state index is -0.358. The fourth-order valence-corrected chi connectivity index (χ4v) is 2.71. The third kappa shape index (κ3) is 3.13. The minimum Gasteiger partial charge on any atom is -0.368 e. The van der Waals surface area contributed by atoms with E-state index >= 15 is 0 Å². The first kappa shape index (κ1) is 14.0. The molecule has 2 heterocycles. The zero-order valence-electron chi connectivity index (χ0n) is 11.7. The lowest BCUT2D eigenvalue weighted by Crippen LogP contribution is -2.40. The van der Waals surface area contributed by atoms with Crippen LogP contribution in [-0.4, -0.2) is 46.8 Å². The van der Waals surface area contributed by atoms with Crippen LogP contribution in [0.25, 0.3) is 0 Å².